The summed E-state index contributed by atoms with van der Waals surface area (Å²) in [4.78, 5) is 7.65. The van der Waals surface area contributed by atoms with Gasteiger partial charge in [0.1, 0.15) is 22.2 Å². The van der Waals surface area contributed by atoms with Crippen molar-refractivity contribution in [3.63, 3.8) is 0 Å². The zero-order chi connectivity index (χ0) is 20.4. The highest BCUT2D eigenvalue weighted by atomic mass is 35.5. The third-order valence-electron chi connectivity index (χ3n) is 5.45. The van der Waals surface area contributed by atoms with Gasteiger partial charge in [0.2, 0.25) is 11.8 Å². The minimum atomic E-state index is -3.73. The van der Waals surface area contributed by atoms with E-state index in [4.69, 9.17) is 25.8 Å². The molecular formula is C18H25ClFN3O5S. The topological polar surface area (TPSA) is 81.2 Å². The molecule has 29 heavy (non-hydrogen) atoms. The molecule has 1 aromatic heterocycles. The summed E-state index contributed by atoms with van der Waals surface area (Å²) in [7, 11) is -3.73. The zero-order valence-corrected chi connectivity index (χ0v) is 17.7. The Morgan fingerprint density at radius 2 is 2.03 bits per heavy atom. The van der Waals surface area contributed by atoms with E-state index in [2.05, 4.69) is 9.88 Å². The molecule has 4 heterocycles. The van der Waals surface area contributed by atoms with Crippen LogP contribution in [0.5, 0.6) is 5.88 Å². The molecule has 0 amide bonds. The fourth-order valence-corrected chi connectivity index (χ4v) is 5.92. The molecule has 3 aliphatic heterocycles. The highest BCUT2D eigenvalue weighted by molar-refractivity contribution is 7.91. The minimum Gasteiger partial charge on any atom is -0.475 e. The van der Waals surface area contributed by atoms with Crippen LogP contribution in [0.15, 0.2) is 4.90 Å². The van der Waals surface area contributed by atoms with Crippen LogP contribution in [0.2, 0.25) is 5.02 Å². The van der Waals surface area contributed by atoms with Crippen LogP contribution >= 0.6 is 11.6 Å². The number of hydrogen-bond donors (Lipinski definition) is 0. The highest BCUT2D eigenvalue weighted by Gasteiger charge is 2.37. The Morgan fingerprint density at radius 1 is 1.24 bits per heavy atom. The molecule has 0 saturated carbocycles. The molecule has 0 spiro atoms. The van der Waals surface area contributed by atoms with Crippen LogP contribution in [-0.4, -0.2) is 89.3 Å². The van der Waals surface area contributed by atoms with Gasteiger partial charge < -0.3 is 19.1 Å². The number of halogens is 2. The average molecular weight is 450 g/mol. The van der Waals surface area contributed by atoms with E-state index < -0.39 is 20.8 Å². The summed E-state index contributed by atoms with van der Waals surface area (Å²) >= 11 is 6.05. The summed E-state index contributed by atoms with van der Waals surface area (Å²) in [6, 6.07) is 0. The van der Waals surface area contributed by atoms with Crippen LogP contribution in [0.4, 0.5) is 10.1 Å². The lowest BCUT2D eigenvalue weighted by Gasteiger charge is -2.34. The number of sulfone groups is 1. The van der Waals surface area contributed by atoms with E-state index in [1.165, 1.54) is 0 Å². The van der Waals surface area contributed by atoms with Crippen molar-refractivity contribution < 1.29 is 27.0 Å². The zero-order valence-electron chi connectivity index (χ0n) is 16.1. The second-order valence-corrected chi connectivity index (χ2v) is 9.83. The van der Waals surface area contributed by atoms with Crippen LogP contribution in [0.3, 0.4) is 0 Å². The number of nitrogens with zero attached hydrogens (tertiary/aromatic N) is 3. The van der Waals surface area contributed by atoms with E-state index in [0.29, 0.717) is 32.9 Å². The molecule has 2 saturated heterocycles. The molecule has 0 bridgehead atoms. The molecule has 4 rings (SSSR count). The van der Waals surface area contributed by atoms with Crippen LogP contribution in [0, 0.1) is 5.95 Å². The van der Waals surface area contributed by atoms with E-state index in [-0.39, 0.29) is 41.5 Å². The Labute approximate surface area is 174 Å². The van der Waals surface area contributed by atoms with Gasteiger partial charge in [-0.2, -0.15) is 9.37 Å². The van der Waals surface area contributed by atoms with Crippen molar-refractivity contribution in [2.24, 2.45) is 0 Å². The van der Waals surface area contributed by atoms with Crippen molar-refractivity contribution in [2.45, 2.75) is 23.8 Å². The van der Waals surface area contributed by atoms with E-state index in [1.54, 1.807) is 0 Å². The summed E-state index contributed by atoms with van der Waals surface area (Å²) in [5.41, 5.74) is 0.250. The molecule has 0 aromatic carbocycles. The third kappa shape index (κ3) is 4.61. The minimum absolute atomic E-state index is 0.00585. The number of fused-ring (bicyclic) bond motifs is 1. The molecule has 3 aliphatic rings. The molecule has 0 aliphatic carbocycles. The molecule has 11 heteroatoms. The molecule has 0 N–H and O–H groups in total. The van der Waals surface area contributed by atoms with Crippen LogP contribution in [-0.2, 0) is 19.3 Å². The maximum Gasteiger partial charge on any atom is 0.241 e. The van der Waals surface area contributed by atoms with Gasteiger partial charge in [-0.3, -0.25) is 4.90 Å². The number of morpholine rings is 1. The van der Waals surface area contributed by atoms with Gasteiger partial charge in [-0.15, -0.1) is 0 Å². The SMILES string of the molecule is O=S1(=O)CCN(C[C@H]2CCCO2)c2c(OCCN3CCOCC3)nc(F)c(Cl)c21. The van der Waals surface area contributed by atoms with Crippen molar-refractivity contribution in [1.29, 1.82) is 0 Å². The molecule has 1 aromatic rings. The van der Waals surface area contributed by atoms with Gasteiger partial charge >= 0.3 is 0 Å². The Hall–Kier alpha value is -1.20. The van der Waals surface area contributed by atoms with Crippen molar-refractivity contribution >= 4 is 27.1 Å². The second-order valence-electron chi connectivity index (χ2n) is 7.40. The molecule has 162 valence electrons. The Morgan fingerprint density at radius 3 is 2.76 bits per heavy atom. The number of hydrogen-bond acceptors (Lipinski definition) is 8. The first-order chi connectivity index (χ1) is 14.0. The normalized spacial score (nSPS) is 24.5. The molecule has 8 nitrogen and oxygen atoms in total. The number of rotatable bonds is 6. The Bertz CT molecular complexity index is 844. The van der Waals surface area contributed by atoms with E-state index in [0.717, 1.165) is 25.9 Å². The fraction of sp³-hybridized carbons (Fsp3) is 0.722. The van der Waals surface area contributed by atoms with Crippen molar-refractivity contribution in [3.8, 4) is 5.88 Å². The molecule has 0 radical (unpaired) electrons. The van der Waals surface area contributed by atoms with E-state index in [1.807, 2.05) is 4.90 Å². The monoisotopic (exact) mass is 449 g/mol. The van der Waals surface area contributed by atoms with E-state index in [9.17, 15) is 12.8 Å². The number of anilines is 1. The number of pyridine rings is 1. The highest BCUT2D eigenvalue weighted by Crippen LogP contribution is 2.43. The maximum atomic E-state index is 14.4. The summed E-state index contributed by atoms with van der Waals surface area (Å²) in [5, 5.41) is -0.474. The predicted octanol–water partition coefficient (Wildman–Crippen LogP) is 1.36. The second kappa shape index (κ2) is 8.89. The Balaban J connectivity index is 1.60. The van der Waals surface area contributed by atoms with Gasteiger partial charge in [0.05, 0.1) is 25.1 Å². The average Bonchev–Trinajstić information content (AvgIpc) is 3.21. The van der Waals surface area contributed by atoms with Gasteiger partial charge in [0, 0.05) is 39.3 Å². The van der Waals surface area contributed by atoms with Gasteiger partial charge in [-0.05, 0) is 12.8 Å². The maximum absolute atomic E-state index is 14.4. The van der Waals surface area contributed by atoms with Crippen molar-refractivity contribution in [1.82, 2.24) is 9.88 Å². The van der Waals surface area contributed by atoms with Gasteiger partial charge in [-0.1, -0.05) is 11.6 Å². The summed E-state index contributed by atoms with van der Waals surface area (Å²) < 4.78 is 56.6. The summed E-state index contributed by atoms with van der Waals surface area (Å²) in [6.07, 6.45) is 1.86. The predicted molar refractivity (Wildman–Crippen MR) is 105 cm³/mol. The quantitative estimate of drug-likeness (QED) is 0.602. The van der Waals surface area contributed by atoms with E-state index >= 15 is 0 Å². The first-order valence-electron chi connectivity index (χ1n) is 9.87. The first-order valence-corrected chi connectivity index (χ1v) is 11.9. The number of aromatic nitrogens is 1. The van der Waals surface area contributed by atoms with Crippen LogP contribution in [0.1, 0.15) is 12.8 Å². The van der Waals surface area contributed by atoms with Crippen LogP contribution < -0.4 is 9.64 Å². The van der Waals surface area contributed by atoms with Gasteiger partial charge in [-0.25, -0.2) is 8.42 Å². The smallest absolute Gasteiger partial charge is 0.241 e. The standard InChI is InChI=1S/C18H25ClFN3O5S/c19-14-16-15(23(6-11-29(16,24)25)12-13-2-1-7-27-13)18(21-17(14)20)28-10-5-22-3-8-26-9-4-22/h13H,1-12H2/t13-/m1/s1. The lowest BCUT2D eigenvalue weighted by atomic mass is 10.2. The lowest BCUT2D eigenvalue weighted by Crippen LogP contribution is -2.41. The first kappa shape index (κ1) is 21.0. The fourth-order valence-electron chi connectivity index (χ4n) is 3.91. The lowest BCUT2D eigenvalue weighted by molar-refractivity contribution is 0.0319. The van der Waals surface area contributed by atoms with Crippen molar-refractivity contribution in [3.05, 3.63) is 11.0 Å². The molecule has 2 fully saturated rings. The van der Waals surface area contributed by atoms with Crippen LogP contribution in [0.25, 0.3) is 0 Å². The molecular weight excluding hydrogens is 425 g/mol. The largest absolute Gasteiger partial charge is 0.475 e. The number of ether oxygens (including phenoxy) is 3. The van der Waals surface area contributed by atoms with Gasteiger partial charge in [0.25, 0.3) is 0 Å². The van der Waals surface area contributed by atoms with Crippen molar-refractivity contribution in [2.75, 3.05) is 69.8 Å². The summed E-state index contributed by atoms with van der Waals surface area (Å²) in [5.74, 6) is -1.20. The van der Waals surface area contributed by atoms with Gasteiger partial charge in [0.15, 0.2) is 9.84 Å². The Kier molecular flexibility index (Phi) is 6.45. The third-order valence-corrected chi connectivity index (χ3v) is 7.65. The molecule has 1 atom stereocenters. The molecule has 0 unspecified atom stereocenters. The summed E-state index contributed by atoms with van der Waals surface area (Å²) in [6.45, 7) is 5.23.